The van der Waals surface area contributed by atoms with E-state index < -0.39 is 0 Å². The summed E-state index contributed by atoms with van der Waals surface area (Å²) in [6, 6.07) is 0. The predicted octanol–water partition coefficient (Wildman–Crippen LogP) is 1.00. The first-order valence-electron chi connectivity index (χ1n) is 2.29. The molecule has 0 spiro atoms. The second-order valence-electron chi connectivity index (χ2n) is 1.46. The highest BCUT2D eigenvalue weighted by molar-refractivity contribution is 7.98. The number of thiol groups is 2. The van der Waals surface area contributed by atoms with E-state index in [1.165, 1.54) is 0 Å². The Morgan fingerprint density at radius 1 is 1.38 bits per heavy atom. The number of nitrogens with zero attached hydrogens (tertiary/aromatic N) is 2. The van der Waals surface area contributed by atoms with Crippen molar-refractivity contribution in [1.82, 2.24) is 0 Å². The minimum absolute atomic E-state index is 0.543. The molecule has 1 rings (SSSR count). The zero-order valence-electron chi connectivity index (χ0n) is 4.20. The molecule has 0 aromatic carbocycles. The third kappa shape index (κ3) is 1.52. The van der Waals surface area contributed by atoms with Crippen LogP contribution in [0.2, 0.25) is 0 Å². The van der Waals surface area contributed by atoms with Crippen molar-refractivity contribution in [3.8, 4) is 0 Å². The van der Waals surface area contributed by atoms with Gasteiger partial charge in [0.05, 0.1) is 5.04 Å². The van der Waals surface area contributed by atoms with Crippen molar-refractivity contribution in [1.29, 1.82) is 0 Å². The monoisotopic (exact) mass is 146 g/mol. The lowest BCUT2D eigenvalue weighted by molar-refractivity contribution is 1.04. The van der Waals surface area contributed by atoms with Crippen LogP contribution in [-0.4, -0.2) is 16.8 Å². The largest absolute Gasteiger partial charge is 0.261 e. The Labute approximate surface area is 58.9 Å². The molecule has 0 radical (unpaired) electrons. The molecule has 0 bridgehead atoms. The summed E-state index contributed by atoms with van der Waals surface area (Å²) in [6.07, 6.45) is 0.854. The molecule has 0 aliphatic carbocycles. The fourth-order valence-corrected chi connectivity index (χ4v) is 0.957. The molecule has 0 aromatic heterocycles. The van der Waals surface area contributed by atoms with E-state index in [0.717, 1.165) is 18.0 Å². The van der Waals surface area contributed by atoms with Gasteiger partial charge in [-0.15, -0.1) is 25.3 Å². The predicted molar refractivity (Wildman–Crippen MR) is 42.3 cm³/mol. The molecule has 0 atom stereocenters. The zero-order chi connectivity index (χ0) is 5.98. The molecule has 0 amide bonds. The van der Waals surface area contributed by atoms with Crippen LogP contribution in [0.3, 0.4) is 0 Å². The van der Waals surface area contributed by atoms with Crippen LogP contribution in [-0.2, 0) is 0 Å². The van der Waals surface area contributed by atoms with Crippen LogP contribution in [0.1, 0.15) is 6.42 Å². The molecule has 0 N–H and O–H groups in total. The lowest BCUT2D eigenvalue weighted by Gasteiger charge is -2.01. The normalized spacial score (nSPS) is 19.8. The summed E-state index contributed by atoms with van der Waals surface area (Å²) < 4.78 is 0. The van der Waals surface area contributed by atoms with Crippen molar-refractivity contribution >= 4 is 35.5 Å². The Hall–Kier alpha value is 0.0400. The zero-order valence-corrected chi connectivity index (χ0v) is 5.99. The van der Waals surface area contributed by atoms with E-state index in [-0.39, 0.29) is 0 Å². The lowest BCUT2D eigenvalue weighted by atomic mass is 10.4. The minimum Gasteiger partial charge on any atom is -0.261 e. The van der Waals surface area contributed by atoms with Crippen LogP contribution >= 0.6 is 25.3 Å². The Bertz CT molecular complexity index is 150. The maximum atomic E-state index is 4.04. The minimum atomic E-state index is 0.543. The number of hydrogen-bond acceptors (Lipinski definition) is 2. The van der Waals surface area contributed by atoms with Crippen LogP contribution < -0.4 is 0 Å². The maximum Gasteiger partial charge on any atom is 0.180 e. The fourth-order valence-electron chi connectivity index (χ4n) is 0.463. The van der Waals surface area contributed by atoms with Gasteiger partial charge in [0, 0.05) is 13.0 Å². The summed E-state index contributed by atoms with van der Waals surface area (Å²) in [5, 5.41) is 1.37. The quantitative estimate of drug-likeness (QED) is 0.477. The first kappa shape index (κ1) is 6.16. The summed E-state index contributed by atoms with van der Waals surface area (Å²) in [6.45, 7) is 0.779. The highest BCUT2D eigenvalue weighted by Gasteiger charge is 1.99. The summed E-state index contributed by atoms with van der Waals surface area (Å²) in [5.41, 5.74) is 0. The maximum absolute atomic E-state index is 4.04. The molecule has 1 aliphatic heterocycles. The van der Waals surface area contributed by atoms with Crippen LogP contribution in [0.5, 0.6) is 0 Å². The molecule has 0 aromatic rings. The van der Waals surface area contributed by atoms with Gasteiger partial charge in [-0.25, -0.2) is 4.99 Å². The van der Waals surface area contributed by atoms with Crippen LogP contribution in [0, 0.1) is 0 Å². The van der Waals surface area contributed by atoms with Gasteiger partial charge in [-0.1, -0.05) is 0 Å². The Kier molecular flexibility index (Phi) is 1.96. The number of amidine groups is 1. The van der Waals surface area contributed by atoms with Gasteiger partial charge in [0.25, 0.3) is 0 Å². The second kappa shape index (κ2) is 2.55. The van der Waals surface area contributed by atoms with Gasteiger partial charge >= 0.3 is 0 Å². The van der Waals surface area contributed by atoms with Crippen molar-refractivity contribution in [3.63, 3.8) is 0 Å². The van der Waals surface area contributed by atoms with Crippen LogP contribution in [0.15, 0.2) is 9.98 Å². The van der Waals surface area contributed by atoms with Crippen LogP contribution in [0.25, 0.3) is 0 Å². The summed E-state index contributed by atoms with van der Waals surface area (Å²) in [4.78, 5) is 7.80. The van der Waals surface area contributed by atoms with Crippen molar-refractivity contribution in [3.05, 3.63) is 0 Å². The van der Waals surface area contributed by atoms with E-state index in [2.05, 4.69) is 35.2 Å². The number of aliphatic imine (C=N–C) groups is 2. The van der Waals surface area contributed by atoms with E-state index in [4.69, 9.17) is 0 Å². The number of hydrogen-bond donors (Lipinski definition) is 2. The summed E-state index contributed by atoms with van der Waals surface area (Å²) >= 11 is 7.98. The molecule has 0 saturated heterocycles. The first-order valence-corrected chi connectivity index (χ1v) is 3.18. The van der Waals surface area contributed by atoms with Gasteiger partial charge in [0.1, 0.15) is 0 Å². The van der Waals surface area contributed by atoms with Gasteiger partial charge in [0.15, 0.2) is 5.17 Å². The van der Waals surface area contributed by atoms with Gasteiger partial charge in [-0.2, -0.15) is 0 Å². The summed E-state index contributed by atoms with van der Waals surface area (Å²) in [5.74, 6) is 0. The van der Waals surface area contributed by atoms with E-state index in [1.54, 1.807) is 0 Å². The molecule has 0 unspecified atom stereocenters. The second-order valence-corrected chi connectivity index (χ2v) is 2.38. The summed E-state index contributed by atoms with van der Waals surface area (Å²) in [7, 11) is 0. The van der Waals surface area contributed by atoms with Crippen LogP contribution in [0.4, 0.5) is 0 Å². The molecular formula is C4H6N2S2. The average molecular weight is 146 g/mol. The first-order chi connectivity index (χ1) is 3.79. The highest BCUT2D eigenvalue weighted by atomic mass is 32.1. The fraction of sp³-hybridized carbons (Fsp3) is 0.500. The molecule has 4 heteroatoms. The Morgan fingerprint density at radius 3 is 2.50 bits per heavy atom. The van der Waals surface area contributed by atoms with Gasteiger partial charge in [-0.05, 0) is 0 Å². The Balaban J connectivity index is 2.69. The third-order valence-corrected chi connectivity index (χ3v) is 1.38. The van der Waals surface area contributed by atoms with Crippen molar-refractivity contribution in [2.45, 2.75) is 6.42 Å². The molecule has 8 heavy (non-hydrogen) atoms. The molecule has 1 aliphatic rings. The molecule has 2 nitrogen and oxygen atoms in total. The SMILES string of the molecule is SC1=NC(S)=NCC1. The Morgan fingerprint density at radius 2 is 2.12 bits per heavy atom. The smallest absolute Gasteiger partial charge is 0.180 e. The average Bonchev–Trinajstić information content (AvgIpc) is 1.64. The molecule has 0 saturated carbocycles. The van der Waals surface area contributed by atoms with Gasteiger partial charge in [0.2, 0.25) is 0 Å². The van der Waals surface area contributed by atoms with Gasteiger partial charge < -0.3 is 0 Å². The number of rotatable bonds is 0. The van der Waals surface area contributed by atoms with Crippen molar-refractivity contribution in [2.24, 2.45) is 9.98 Å². The topological polar surface area (TPSA) is 24.7 Å². The lowest BCUT2D eigenvalue weighted by Crippen LogP contribution is -2.01. The van der Waals surface area contributed by atoms with E-state index in [9.17, 15) is 0 Å². The molecular weight excluding hydrogens is 140 g/mol. The van der Waals surface area contributed by atoms with Gasteiger partial charge in [-0.3, -0.25) is 4.99 Å². The molecule has 44 valence electrons. The van der Waals surface area contributed by atoms with E-state index in [1.807, 2.05) is 0 Å². The van der Waals surface area contributed by atoms with E-state index in [0.29, 0.717) is 5.17 Å². The van der Waals surface area contributed by atoms with E-state index >= 15 is 0 Å². The van der Waals surface area contributed by atoms with Crippen molar-refractivity contribution < 1.29 is 0 Å². The molecule has 1 heterocycles. The highest BCUT2D eigenvalue weighted by Crippen LogP contribution is 2.02. The third-order valence-electron chi connectivity index (χ3n) is 0.818. The standard InChI is InChI=1S/C4H6N2S2/c7-3-1-2-5-4(8)6-3/h1-2H2,(H2,5,6,7,8). The molecule has 0 fully saturated rings. The van der Waals surface area contributed by atoms with Crippen molar-refractivity contribution in [2.75, 3.05) is 6.54 Å².